The molecule has 1 aliphatic rings. The van der Waals surface area contributed by atoms with Crippen LogP contribution >= 0.6 is 0 Å². The summed E-state index contributed by atoms with van der Waals surface area (Å²) in [5.41, 5.74) is 7.33. The lowest BCUT2D eigenvalue weighted by Crippen LogP contribution is -2.50. The minimum Gasteiger partial charge on any atom is -0.444 e. The average Bonchev–Trinajstić information content (AvgIpc) is 3.33. The number of sulfone groups is 1. The van der Waals surface area contributed by atoms with Crippen molar-refractivity contribution in [3.05, 3.63) is 60.0 Å². The van der Waals surface area contributed by atoms with E-state index in [2.05, 4.69) is 4.98 Å². The second kappa shape index (κ2) is 9.38. The van der Waals surface area contributed by atoms with Gasteiger partial charge in [-0.25, -0.2) is 22.6 Å². The predicted molar refractivity (Wildman–Crippen MR) is 138 cm³/mol. The largest absolute Gasteiger partial charge is 0.444 e. The van der Waals surface area contributed by atoms with Gasteiger partial charge < -0.3 is 19.6 Å². The number of nitrogens with zero attached hydrogens (tertiary/aromatic N) is 3. The summed E-state index contributed by atoms with van der Waals surface area (Å²) in [4.78, 5) is 18.6. The number of ether oxygens (including phenoxy) is 2. The molecule has 9 nitrogen and oxygen atoms in total. The van der Waals surface area contributed by atoms with Gasteiger partial charge in [-0.15, -0.1) is 0 Å². The minimum atomic E-state index is -3.48. The Hall–Kier alpha value is -3.02. The van der Waals surface area contributed by atoms with Crippen LogP contribution in [-0.2, 0) is 19.3 Å². The van der Waals surface area contributed by atoms with Crippen LogP contribution in [0.4, 0.5) is 9.18 Å². The molecular formula is C26H33FN4O5S. The van der Waals surface area contributed by atoms with Crippen molar-refractivity contribution in [2.75, 3.05) is 12.9 Å². The summed E-state index contributed by atoms with van der Waals surface area (Å²) in [6.45, 7) is 7.93. The van der Waals surface area contributed by atoms with E-state index in [1.54, 1.807) is 51.4 Å². The number of rotatable bonds is 5. The van der Waals surface area contributed by atoms with Gasteiger partial charge in [-0.3, -0.25) is 4.90 Å². The number of halogens is 1. The maximum absolute atomic E-state index is 14.3. The van der Waals surface area contributed by atoms with Crippen LogP contribution in [0.1, 0.15) is 57.4 Å². The average molecular weight is 533 g/mol. The number of fused-ring (bicyclic) bond motifs is 1. The molecule has 4 rings (SSSR count). The Kier molecular flexibility index (Phi) is 6.85. The van der Waals surface area contributed by atoms with Gasteiger partial charge >= 0.3 is 6.09 Å². The molecule has 2 aromatic heterocycles. The van der Waals surface area contributed by atoms with Crippen LogP contribution in [0, 0.1) is 0 Å². The Labute approximate surface area is 216 Å². The summed E-state index contributed by atoms with van der Waals surface area (Å²) < 4.78 is 51.2. The third-order valence-corrected chi connectivity index (χ3v) is 7.39. The molecule has 3 heterocycles. The van der Waals surface area contributed by atoms with Gasteiger partial charge in [0.2, 0.25) is 0 Å². The van der Waals surface area contributed by atoms with E-state index in [1.165, 1.54) is 4.90 Å². The maximum atomic E-state index is 14.3. The third kappa shape index (κ3) is 5.48. The molecule has 1 aromatic carbocycles. The summed E-state index contributed by atoms with van der Waals surface area (Å²) in [5, 5.41) is -1.20. The van der Waals surface area contributed by atoms with Crippen LogP contribution in [0.5, 0.6) is 0 Å². The molecule has 0 saturated carbocycles. The number of alkyl halides is 1. The van der Waals surface area contributed by atoms with E-state index in [4.69, 9.17) is 15.2 Å². The van der Waals surface area contributed by atoms with Crippen molar-refractivity contribution < 1.29 is 27.1 Å². The normalized spacial score (nSPS) is 20.8. The first kappa shape index (κ1) is 27.0. The summed E-state index contributed by atoms with van der Waals surface area (Å²) in [7, 11) is -3.48. The lowest BCUT2D eigenvalue weighted by atomic mass is 9.99. The standard InChI is InChI=1S/C26H33FN4O5S/c1-25(2,3)36-24(32)31-20(14-27)22(35-26(31,4)5)17-9-7-16(8-10-17)18-11-12-30-15-19(29-21(30)13-18)23(28)37(6,33)34/h7-13,15,20,22-23H,14,28H2,1-6H3/t20-,22-,23?/m1/s1. The Morgan fingerprint density at radius 3 is 2.43 bits per heavy atom. The highest BCUT2D eigenvalue weighted by Crippen LogP contribution is 2.42. The van der Waals surface area contributed by atoms with Crippen LogP contribution < -0.4 is 5.73 Å². The van der Waals surface area contributed by atoms with Gasteiger partial charge in [0.05, 0.1) is 11.7 Å². The molecule has 1 amide bonds. The van der Waals surface area contributed by atoms with E-state index >= 15 is 0 Å². The van der Waals surface area contributed by atoms with E-state index < -0.39 is 51.5 Å². The molecule has 11 heteroatoms. The smallest absolute Gasteiger partial charge is 0.413 e. The van der Waals surface area contributed by atoms with Crippen molar-refractivity contribution in [2.45, 2.75) is 63.5 Å². The summed E-state index contributed by atoms with van der Waals surface area (Å²) in [6.07, 6.45) is 3.16. The number of benzene rings is 1. The van der Waals surface area contributed by atoms with Gasteiger partial charge in [0, 0.05) is 18.6 Å². The molecule has 200 valence electrons. The second-order valence-electron chi connectivity index (χ2n) is 10.8. The molecule has 1 saturated heterocycles. The highest BCUT2D eigenvalue weighted by Gasteiger charge is 2.51. The second-order valence-corrected chi connectivity index (χ2v) is 12.9. The SMILES string of the molecule is CC(C)(C)OC(=O)N1[C@H](CF)[C@@H](c2ccc(-c3ccn4cc(C(N)S(C)(=O)=O)nc4c3)cc2)OC1(C)C. The van der Waals surface area contributed by atoms with E-state index in [1.807, 2.05) is 36.4 Å². The molecule has 37 heavy (non-hydrogen) atoms. The number of carbonyl (C=O) groups is 1. The Bertz CT molecular complexity index is 1410. The number of imidazole rings is 1. The molecule has 0 aliphatic carbocycles. The fourth-order valence-corrected chi connectivity index (χ4v) is 5.04. The van der Waals surface area contributed by atoms with Crippen LogP contribution in [0.25, 0.3) is 16.8 Å². The minimum absolute atomic E-state index is 0.266. The molecule has 1 fully saturated rings. The van der Waals surface area contributed by atoms with Crippen molar-refractivity contribution in [1.29, 1.82) is 0 Å². The van der Waals surface area contributed by atoms with Crippen molar-refractivity contribution in [1.82, 2.24) is 14.3 Å². The van der Waals surface area contributed by atoms with Gasteiger partial charge in [0.15, 0.2) is 15.2 Å². The van der Waals surface area contributed by atoms with Crippen LogP contribution in [0.3, 0.4) is 0 Å². The highest BCUT2D eigenvalue weighted by molar-refractivity contribution is 7.90. The Morgan fingerprint density at radius 1 is 1.22 bits per heavy atom. The van der Waals surface area contributed by atoms with Crippen molar-refractivity contribution in [3.63, 3.8) is 0 Å². The summed E-state index contributed by atoms with van der Waals surface area (Å²) >= 11 is 0. The fourth-order valence-electron chi connectivity index (χ4n) is 4.49. The lowest BCUT2D eigenvalue weighted by molar-refractivity contribution is -0.0797. The third-order valence-electron chi connectivity index (χ3n) is 6.23. The molecular weight excluding hydrogens is 499 g/mol. The lowest BCUT2D eigenvalue weighted by Gasteiger charge is -2.34. The van der Waals surface area contributed by atoms with Crippen LogP contribution in [0.2, 0.25) is 0 Å². The molecule has 3 atom stereocenters. The first-order valence-corrected chi connectivity index (χ1v) is 13.9. The van der Waals surface area contributed by atoms with Gasteiger partial charge in [-0.1, -0.05) is 24.3 Å². The zero-order valence-corrected chi connectivity index (χ0v) is 22.6. The molecule has 1 aliphatic heterocycles. The number of pyridine rings is 1. The molecule has 0 radical (unpaired) electrons. The number of hydrogen-bond acceptors (Lipinski definition) is 7. The fraction of sp³-hybridized carbons (Fsp3) is 0.462. The van der Waals surface area contributed by atoms with E-state index in [-0.39, 0.29) is 5.69 Å². The molecule has 3 aromatic rings. The molecule has 2 N–H and O–H groups in total. The number of hydrogen-bond donors (Lipinski definition) is 1. The van der Waals surface area contributed by atoms with Crippen molar-refractivity contribution in [2.24, 2.45) is 5.73 Å². The van der Waals surface area contributed by atoms with Crippen molar-refractivity contribution in [3.8, 4) is 11.1 Å². The number of carbonyl (C=O) groups excluding carboxylic acids is 1. The first-order chi connectivity index (χ1) is 17.1. The summed E-state index contributed by atoms with van der Waals surface area (Å²) in [6, 6.07) is 10.3. The summed E-state index contributed by atoms with van der Waals surface area (Å²) in [5.74, 6) is 0. The quantitative estimate of drug-likeness (QED) is 0.518. The van der Waals surface area contributed by atoms with E-state index in [0.717, 1.165) is 22.9 Å². The maximum Gasteiger partial charge on any atom is 0.413 e. The monoisotopic (exact) mass is 532 g/mol. The van der Waals surface area contributed by atoms with Gasteiger partial charge in [0.1, 0.15) is 29.8 Å². The first-order valence-electron chi connectivity index (χ1n) is 11.9. The van der Waals surface area contributed by atoms with E-state index in [9.17, 15) is 17.6 Å². The number of amides is 1. The van der Waals surface area contributed by atoms with Crippen LogP contribution in [0.15, 0.2) is 48.8 Å². The Balaban J connectivity index is 1.60. The number of nitrogens with two attached hydrogens (primary N) is 1. The predicted octanol–water partition coefficient (Wildman–Crippen LogP) is 4.39. The number of aromatic nitrogens is 2. The topological polar surface area (TPSA) is 116 Å². The highest BCUT2D eigenvalue weighted by atomic mass is 32.2. The zero-order valence-electron chi connectivity index (χ0n) is 21.8. The van der Waals surface area contributed by atoms with Gasteiger partial charge in [-0.05, 0) is 63.4 Å². The Morgan fingerprint density at radius 2 is 1.86 bits per heavy atom. The zero-order chi connectivity index (χ0) is 27.3. The van der Waals surface area contributed by atoms with Gasteiger partial charge in [-0.2, -0.15) is 0 Å². The van der Waals surface area contributed by atoms with E-state index in [0.29, 0.717) is 5.65 Å². The van der Waals surface area contributed by atoms with Gasteiger partial charge in [0.25, 0.3) is 0 Å². The molecule has 1 unspecified atom stereocenters. The molecule has 0 bridgehead atoms. The molecule has 0 spiro atoms. The van der Waals surface area contributed by atoms with Crippen LogP contribution in [-0.4, -0.2) is 59.1 Å². The van der Waals surface area contributed by atoms with Crippen molar-refractivity contribution >= 4 is 21.6 Å².